The van der Waals surface area contributed by atoms with Crippen LogP contribution in [-0.4, -0.2) is 39.0 Å². The molecule has 3 aromatic rings. The van der Waals surface area contributed by atoms with E-state index in [2.05, 4.69) is 15.1 Å². The molecule has 0 N–H and O–H groups in total. The molecule has 2 fully saturated rings. The van der Waals surface area contributed by atoms with E-state index < -0.39 is 11.7 Å². The standard InChI is InChI=1S/C25H22F3N5O2/c1-13-20(9-18(10-29)22(30-13)15-5-7-19(8-6-15)25(26,27)28)24(34)33-11-16-3-4-17(12-33)21(16)23-31-14(2)35-32-23/h5-9,16-17,21H,3-4,11-12H2,1-2H3/t16-,17+,21-. The van der Waals surface area contributed by atoms with Crippen LogP contribution >= 0.6 is 0 Å². The zero-order valence-corrected chi connectivity index (χ0v) is 19.1. The van der Waals surface area contributed by atoms with Crippen molar-refractivity contribution in [2.45, 2.75) is 38.8 Å². The van der Waals surface area contributed by atoms with Gasteiger partial charge in [0.2, 0.25) is 5.89 Å². The second kappa shape index (κ2) is 8.48. The third-order valence-electron chi connectivity index (χ3n) is 7.01. The van der Waals surface area contributed by atoms with Crippen LogP contribution in [0.15, 0.2) is 34.9 Å². The van der Waals surface area contributed by atoms with Crippen molar-refractivity contribution in [3.8, 4) is 17.3 Å². The molecule has 1 aliphatic carbocycles. The molecule has 0 radical (unpaired) electrons. The maximum atomic E-state index is 13.5. The quantitative estimate of drug-likeness (QED) is 0.528. The molecule has 0 spiro atoms. The van der Waals surface area contributed by atoms with Crippen LogP contribution in [0.5, 0.6) is 0 Å². The van der Waals surface area contributed by atoms with Crippen LogP contribution in [0.3, 0.4) is 0 Å². The number of rotatable bonds is 3. The Balaban J connectivity index is 1.40. The van der Waals surface area contributed by atoms with Gasteiger partial charge in [-0.05, 0) is 49.8 Å². The minimum Gasteiger partial charge on any atom is -0.340 e. The lowest BCUT2D eigenvalue weighted by Gasteiger charge is -2.36. The molecule has 35 heavy (non-hydrogen) atoms. The Morgan fingerprint density at radius 1 is 1.11 bits per heavy atom. The van der Waals surface area contributed by atoms with Crippen molar-refractivity contribution in [3.05, 3.63) is 64.4 Å². The highest BCUT2D eigenvalue weighted by molar-refractivity contribution is 5.96. The highest BCUT2D eigenvalue weighted by Crippen LogP contribution is 2.47. The Labute approximate surface area is 199 Å². The predicted molar refractivity (Wildman–Crippen MR) is 118 cm³/mol. The van der Waals surface area contributed by atoms with Crippen LogP contribution in [-0.2, 0) is 6.18 Å². The smallest absolute Gasteiger partial charge is 0.340 e. The molecular formula is C25H22F3N5O2. The molecule has 5 rings (SSSR count). The van der Waals surface area contributed by atoms with Gasteiger partial charge in [-0.15, -0.1) is 0 Å². The summed E-state index contributed by atoms with van der Waals surface area (Å²) in [5.41, 5.74) is 0.737. The van der Waals surface area contributed by atoms with Crippen molar-refractivity contribution in [1.82, 2.24) is 20.0 Å². The number of carbonyl (C=O) groups excluding carboxylic acids is 1. The Hall–Kier alpha value is -3.74. The van der Waals surface area contributed by atoms with Gasteiger partial charge in [-0.25, -0.2) is 0 Å². The van der Waals surface area contributed by atoms with Crippen LogP contribution < -0.4 is 0 Å². The summed E-state index contributed by atoms with van der Waals surface area (Å²) in [6.45, 7) is 4.53. The average molecular weight is 481 g/mol. The third-order valence-corrected chi connectivity index (χ3v) is 7.01. The van der Waals surface area contributed by atoms with Gasteiger partial charge >= 0.3 is 6.18 Å². The molecule has 7 nitrogen and oxygen atoms in total. The maximum absolute atomic E-state index is 13.5. The number of amides is 1. The molecule has 10 heteroatoms. The summed E-state index contributed by atoms with van der Waals surface area (Å²) >= 11 is 0. The van der Waals surface area contributed by atoms with E-state index in [4.69, 9.17) is 4.52 Å². The Morgan fingerprint density at radius 2 is 1.77 bits per heavy atom. The number of halogens is 3. The van der Waals surface area contributed by atoms with Crippen LogP contribution in [0.4, 0.5) is 13.2 Å². The highest BCUT2D eigenvalue weighted by atomic mass is 19.4. The summed E-state index contributed by atoms with van der Waals surface area (Å²) in [6.07, 6.45) is -2.51. The minimum atomic E-state index is -4.45. The van der Waals surface area contributed by atoms with Gasteiger partial charge < -0.3 is 9.42 Å². The normalized spacial score (nSPS) is 21.7. The molecule has 2 aliphatic rings. The van der Waals surface area contributed by atoms with Crippen molar-refractivity contribution in [1.29, 1.82) is 5.26 Å². The van der Waals surface area contributed by atoms with Crippen LogP contribution in [0.2, 0.25) is 0 Å². The number of nitriles is 1. The van der Waals surface area contributed by atoms with Gasteiger partial charge in [0, 0.05) is 31.5 Å². The first-order chi connectivity index (χ1) is 16.7. The van der Waals surface area contributed by atoms with Crippen molar-refractivity contribution in [3.63, 3.8) is 0 Å². The second-order valence-corrected chi connectivity index (χ2v) is 9.21. The molecule has 2 aromatic heterocycles. The van der Waals surface area contributed by atoms with Crippen molar-refractivity contribution < 1.29 is 22.5 Å². The van der Waals surface area contributed by atoms with Gasteiger partial charge in [-0.3, -0.25) is 9.78 Å². The number of alkyl halides is 3. The highest BCUT2D eigenvalue weighted by Gasteiger charge is 2.46. The van der Waals surface area contributed by atoms with Gasteiger partial charge in [0.15, 0.2) is 5.82 Å². The Bertz CT molecular complexity index is 1310. The second-order valence-electron chi connectivity index (χ2n) is 9.21. The number of likely N-dealkylation sites (tertiary alicyclic amines) is 1. The Kier molecular flexibility index (Phi) is 5.58. The number of carbonyl (C=O) groups is 1. The molecule has 1 saturated heterocycles. The molecule has 3 heterocycles. The number of nitrogens with zero attached hydrogens (tertiary/aromatic N) is 5. The fourth-order valence-corrected chi connectivity index (χ4v) is 5.37. The summed E-state index contributed by atoms with van der Waals surface area (Å²) in [4.78, 5) is 24.1. The van der Waals surface area contributed by atoms with Crippen LogP contribution in [0.1, 0.15) is 57.7 Å². The molecule has 3 atom stereocenters. The largest absolute Gasteiger partial charge is 0.416 e. The zero-order valence-electron chi connectivity index (χ0n) is 19.1. The van der Waals surface area contributed by atoms with E-state index in [0.29, 0.717) is 41.6 Å². The molecule has 1 aromatic carbocycles. The lowest BCUT2D eigenvalue weighted by Crippen LogP contribution is -2.44. The number of pyridine rings is 1. The summed E-state index contributed by atoms with van der Waals surface area (Å²) in [6, 6.07) is 8.02. The van der Waals surface area contributed by atoms with E-state index >= 15 is 0 Å². The molecule has 0 unspecified atom stereocenters. The summed E-state index contributed by atoms with van der Waals surface area (Å²) in [5, 5.41) is 13.8. The Morgan fingerprint density at radius 3 is 2.31 bits per heavy atom. The average Bonchev–Trinajstić information content (AvgIpc) is 3.36. The number of hydrogen-bond donors (Lipinski definition) is 0. The molecule has 1 amide bonds. The van der Waals surface area contributed by atoms with E-state index in [1.807, 2.05) is 6.07 Å². The topological polar surface area (TPSA) is 95.9 Å². The first-order valence-corrected chi connectivity index (χ1v) is 11.3. The van der Waals surface area contributed by atoms with Crippen molar-refractivity contribution in [2.24, 2.45) is 11.8 Å². The van der Waals surface area contributed by atoms with Gasteiger partial charge in [0.1, 0.15) is 6.07 Å². The monoisotopic (exact) mass is 481 g/mol. The van der Waals surface area contributed by atoms with E-state index in [9.17, 15) is 23.2 Å². The molecule has 2 bridgehead atoms. The number of aryl methyl sites for hydroxylation is 2. The lowest BCUT2D eigenvalue weighted by atomic mass is 9.84. The van der Waals surface area contributed by atoms with E-state index in [0.717, 1.165) is 25.0 Å². The minimum absolute atomic E-state index is 0.138. The molecule has 1 saturated carbocycles. The van der Waals surface area contributed by atoms with E-state index in [-0.39, 0.29) is 34.9 Å². The summed E-state index contributed by atoms with van der Waals surface area (Å²) in [7, 11) is 0. The lowest BCUT2D eigenvalue weighted by molar-refractivity contribution is -0.137. The van der Waals surface area contributed by atoms with Crippen LogP contribution in [0, 0.1) is 37.0 Å². The maximum Gasteiger partial charge on any atom is 0.416 e. The number of hydrogen-bond acceptors (Lipinski definition) is 6. The molecule has 180 valence electrons. The molecular weight excluding hydrogens is 459 g/mol. The van der Waals surface area contributed by atoms with Crippen LogP contribution in [0.25, 0.3) is 11.3 Å². The van der Waals surface area contributed by atoms with Gasteiger partial charge in [0.25, 0.3) is 5.91 Å². The first kappa shape index (κ1) is 23.0. The van der Waals surface area contributed by atoms with E-state index in [1.54, 1.807) is 18.7 Å². The van der Waals surface area contributed by atoms with Crippen molar-refractivity contribution in [2.75, 3.05) is 13.1 Å². The van der Waals surface area contributed by atoms with E-state index in [1.165, 1.54) is 18.2 Å². The zero-order chi connectivity index (χ0) is 24.9. The number of benzene rings is 1. The summed E-state index contributed by atoms with van der Waals surface area (Å²) < 4.78 is 43.9. The number of piperidine rings is 1. The SMILES string of the molecule is Cc1nc([C@@H]2[C@@H]3CC[C@H]2CN(C(=O)c2cc(C#N)c(-c4ccc(C(F)(F)F)cc4)nc2C)C3)no1. The van der Waals surface area contributed by atoms with Gasteiger partial charge in [0.05, 0.1) is 28.1 Å². The first-order valence-electron chi connectivity index (χ1n) is 11.3. The number of fused-ring (bicyclic) bond motifs is 2. The van der Waals surface area contributed by atoms with Gasteiger partial charge in [-0.1, -0.05) is 17.3 Å². The van der Waals surface area contributed by atoms with Gasteiger partial charge in [-0.2, -0.15) is 23.4 Å². The number of aromatic nitrogens is 3. The fourth-order valence-electron chi connectivity index (χ4n) is 5.37. The van der Waals surface area contributed by atoms with Crippen molar-refractivity contribution >= 4 is 5.91 Å². The fraction of sp³-hybridized carbons (Fsp3) is 0.400. The third kappa shape index (κ3) is 4.16. The summed E-state index contributed by atoms with van der Waals surface area (Å²) in [5.74, 6) is 1.64. The predicted octanol–water partition coefficient (Wildman–Crippen LogP) is 4.90. The molecule has 1 aliphatic heterocycles.